The van der Waals surface area contributed by atoms with Gasteiger partial charge in [-0.1, -0.05) is 0 Å². The highest BCUT2D eigenvalue weighted by atomic mass is 35.5. The zero-order valence-electron chi connectivity index (χ0n) is 13.0. The van der Waals surface area contributed by atoms with Crippen LogP contribution in [0.2, 0.25) is 0 Å². The average molecular weight is 352 g/mol. The minimum atomic E-state index is 0. The van der Waals surface area contributed by atoms with Gasteiger partial charge in [0.25, 0.3) is 0 Å². The smallest absolute Gasteiger partial charge is 0.224 e. The molecule has 1 aromatic rings. The van der Waals surface area contributed by atoms with Gasteiger partial charge in [0, 0.05) is 39.4 Å². The van der Waals surface area contributed by atoms with Gasteiger partial charge in [-0.3, -0.25) is 9.48 Å². The largest absolute Gasteiger partial charge is 0.355 e. The zero-order chi connectivity index (χ0) is 14.4. The van der Waals surface area contributed by atoms with Crippen LogP contribution in [0, 0.1) is 5.92 Å². The van der Waals surface area contributed by atoms with E-state index in [1.54, 1.807) is 0 Å². The lowest BCUT2D eigenvalue weighted by Gasteiger charge is -2.31. The molecule has 6 nitrogen and oxygen atoms in total. The average Bonchev–Trinajstić information content (AvgIpc) is 2.88. The van der Waals surface area contributed by atoms with Gasteiger partial charge < -0.3 is 16.0 Å². The van der Waals surface area contributed by atoms with Crippen molar-refractivity contribution in [2.24, 2.45) is 18.7 Å². The highest BCUT2D eigenvalue weighted by Crippen LogP contribution is 2.17. The van der Waals surface area contributed by atoms with Gasteiger partial charge in [-0.25, -0.2) is 0 Å². The molecule has 0 spiro atoms. The highest BCUT2D eigenvalue weighted by molar-refractivity contribution is 5.85. The first-order chi connectivity index (χ1) is 9.69. The van der Waals surface area contributed by atoms with E-state index in [4.69, 9.17) is 5.73 Å². The molecule has 0 aliphatic carbocycles. The number of aromatic nitrogens is 2. The summed E-state index contributed by atoms with van der Waals surface area (Å²) in [6.07, 6.45) is 7.03. The lowest BCUT2D eigenvalue weighted by atomic mass is 9.97. The number of nitrogens with one attached hydrogen (secondary N) is 1. The number of likely N-dealkylation sites (tertiary alicyclic amines) is 1. The fourth-order valence-corrected chi connectivity index (χ4v) is 2.70. The molecule has 1 aliphatic rings. The van der Waals surface area contributed by atoms with Crippen LogP contribution in [0.15, 0.2) is 12.4 Å². The molecule has 1 fully saturated rings. The Labute approximate surface area is 144 Å². The molecule has 22 heavy (non-hydrogen) atoms. The number of piperidine rings is 1. The van der Waals surface area contributed by atoms with Crippen molar-refractivity contribution >= 4 is 30.7 Å². The maximum absolute atomic E-state index is 12.0. The molecule has 0 bridgehead atoms. The molecule has 0 aromatic carbocycles. The summed E-state index contributed by atoms with van der Waals surface area (Å²) in [5.41, 5.74) is 6.67. The van der Waals surface area contributed by atoms with Crippen molar-refractivity contribution in [2.75, 3.05) is 32.7 Å². The molecular weight excluding hydrogens is 325 g/mol. The molecule has 2 heterocycles. The van der Waals surface area contributed by atoms with Crippen LogP contribution in [0.4, 0.5) is 0 Å². The number of nitrogens with zero attached hydrogens (tertiary/aromatic N) is 3. The van der Waals surface area contributed by atoms with E-state index >= 15 is 0 Å². The van der Waals surface area contributed by atoms with Gasteiger partial charge in [0.15, 0.2) is 0 Å². The van der Waals surface area contributed by atoms with Gasteiger partial charge in [0.2, 0.25) is 5.91 Å². The Morgan fingerprint density at radius 1 is 1.50 bits per heavy atom. The summed E-state index contributed by atoms with van der Waals surface area (Å²) in [4.78, 5) is 14.4. The first-order valence-corrected chi connectivity index (χ1v) is 7.36. The Bertz CT molecular complexity index is 441. The minimum Gasteiger partial charge on any atom is -0.355 e. The SMILES string of the molecule is Cl.Cl.Cn1cc(CCN2CCCC(C(=O)NCCN)C2)cn1. The summed E-state index contributed by atoms with van der Waals surface area (Å²) in [6.45, 7) is 4.01. The molecule has 128 valence electrons. The molecular formula is C14H27Cl2N5O. The topological polar surface area (TPSA) is 76.2 Å². The molecule has 2 rings (SSSR count). The molecule has 3 N–H and O–H groups in total. The zero-order valence-corrected chi connectivity index (χ0v) is 14.7. The fourth-order valence-electron chi connectivity index (χ4n) is 2.70. The molecule has 8 heteroatoms. The quantitative estimate of drug-likeness (QED) is 0.786. The third-order valence-electron chi connectivity index (χ3n) is 3.79. The van der Waals surface area contributed by atoms with Gasteiger partial charge in [0.05, 0.1) is 12.1 Å². The molecule has 1 saturated heterocycles. The summed E-state index contributed by atoms with van der Waals surface area (Å²) in [5, 5.41) is 7.08. The van der Waals surface area contributed by atoms with Crippen LogP contribution < -0.4 is 11.1 Å². The van der Waals surface area contributed by atoms with E-state index in [0.717, 1.165) is 38.9 Å². The third kappa shape index (κ3) is 6.52. The molecule has 0 saturated carbocycles. The maximum atomic E-state index is 12.0. The maximum Gasteiger partial charge on any atom is 0.224 e. The van der Waals surface area contributed by atoms with E-state index in [0.29, 0.717) is 13.1 Å². The van der Waals surface area contributed by atoms with Gasteiger partial charge in [-0.05, 0) is 31.4 Å². The summed E-state index contributed by atoms with van der Waals surface area (Å²) in [7, 11) is 1.93. The minimum absolute atomic E-state index is 0. The van der Waals surface area contributed by atoms with Crippen molar-refractivity contribution in [1.29, 1.82) is 0 Å². The van der Waals surface area contributed by atoms with E-state index in [1.807, 2.05) is 17.9 Å². The van der Waals surface area contributed by atoms with E-state index in [2.05, 4.69) is 21.5 Å². The normalized spacial score (nSPS) is 18.2. The predicted molar refractivity (Wildman–Crippen MR) is 92.6 cm³/mol. The van der Waals surface area contributed by atoms with Crippen LogP contribution in [0.25, 0.3) is 0 Å². The molecule has 1 amide bonds. The van der Waals surface area contributed by atoms with Crippen LogP contribution >= 0.6 is 24.8 Å². The molecule has 0 radical (unpaired) electrons. The number of hydrogen-bond donors (Lipinski definition) is 2. The summed E-state index contributed by atoms with van der Waals surface area (Å²) in [5.74, 6) is 0.269. The van der Waals surface area contributed by atoms with Gasteiger partial charge >= 0.3 is 0 Å². The van der Waals surface area contributed by atoms with Crippen LogP contribution in [0.3, 0.4) is 0 Å². The lowest BCUT2D eigenvalue weighted by molar-refractivity contribution is -0.126. The van der Waals surface area contributed by atoms with Crippen LogP contribution in [0.1, 0.15) is 18.4 Å². The number of carbonyl (C=O) groups excluding carboxylic acids is 1. The van der Waals surface area contributed by atoms with E-state index < -0.39 is 0 Å². The van der Waals surface area contributed by atoms with Crippen molar-refractivity contribution in [3.8, 4) is 0 Å². The Balaban J connectivity index is 0.00000220. The van der Waals surface area contributed by atoms with E-state index in [-0.39, 0.29) is 36.6 Å². The van der Waals surface area contributed by atoms with Crippen molar-refractivity contribution in [1.82, 2.24) is 20.0 Å². The van der Waals surface area contributed by atoms with Crippen LogP contribution in [0.5, 0.6) is 0 Å². The number of rotatable bonds is 6. The second-order valence-corrected chi connectivity index (χ2v) is 5.49. The van der Waals surface area contributed by atoms with Crippen molar-refractivity contribution in [3.63, 3.8) is 0 Å². The van der Waals surface area contributed by atoms with Crippen LogP contribution in [-0.4, -0.2) is 53.3 Å². The van der Waals surface area contributed by atoms with Gasteiger partial charge in [-0.2, -0.15) is 5.10 Å². The second kappa shape index (κ2) is 10.8. The van der Waals surface area contributed by atoms with Gasteiger partial charge in [-0.15, -0.1) is 24.8 Å². The Hall–Kier alpha value is -0.820. The number of amides is 1. The number of carbonyl (C=O) groups is 1. The molecule has 1 unspecified atom stereocenters. The molecule has 1 aromatic heterocycles. The molecule has 1 atom stereocenters. The molecule has 1 aliphatic heterocycles. The second-order valence-electron chi connectivity index (χ2n) is 5.49. The standard InChI is InChI=1S/C14H25N5O.2ClH/c1-18-10-12(9-17-18)4-8-19-7-2-3-13(11-19)14(20)16-6-5-15;;/h9-10,13H,2-8,11,15H2,1H3,(H,16,20);2*1H. The van der Waals surface area contributed by atoms with Crippen molar-refractivity contribution < 1.29 is 4.79 Å². The summed E-state index contributed by atoms with van der Waals surface area (Å²) < 4.78 is 1.83. The summed E-state index contributed by atoms with van der Waals surface area (Å²) in [6, 6.07) is 0. The highest BCUT2D eigenvalue weighted by Gasteiger charge is 2.25. The first kappa shape index (κ1) is 21.2. The monoisotopic (exact) mass is 351 g/mol. The third-order valence-corrected chi connectivity index (χ3v) is 3.79. The number of aryl methyl sites for hydroxylation is 1. The Kier molecular flexibility index (Phi) is 10.4. The van der Waals surface area contributed by atoms with Crippen molar-refractivity contribution in [3.05, 3.63) is 18.0 Å². The van der Waals surface area contributed by atoms with E-state index in [1.165, 1.54) is 5.56 Å². The van der Waals surface area contributed by atoms with E-state index in [9.17, 15) is 4.79 Å². The Morgan fingerprint density at radius 2 is 2.27 bits per heavy atom. The number of halogens is 2. The van der Waals surface area contributed by atoms with Gasteiger partial charge in [0.1, 0.15) is 0 Å². The fraction of sp³-hybridized carbons (Fsp3) is 0.714. The number of nitrogens with two attached hydrogens (primary N) is 1. The number of hydrogen-bond acceptors (Lipinski definition) is 4. The Morgan fingerprint density at radius 3 is 2.91 bits per heavy atom. The predicted octanol–water partition coefficient (Wildman–Crippen LogP) is 0.593. The first-order valence-electron chi connectivity index (χ1n) is 7.36. The van der Waals surface area contributed by atoms with Crippen LogP contribution in [-0.2, 0) is 18.3 Å². The lowest BCUT2D eigenvalue weighted by Crippen LogP contribution is -2.44. The van der Waals surface area contributed by atoms with Crippen molar-refractivity contribution in [2.45, 2.75) is 19.3 Å². The summed E-state index contributed by atoms with van der Waals surface area (Å²) >= 11 is 0.